The van der Waals surface area contributed by atoms with E-state index in [2.05, 4.69) is 20.6 Å². The summed E-state index contributed by atoms with van der Waals surface area (Å²) in [6.07, 6.45) is -0.189. The maximum Gasteiger partial charge on any atom is 0.247 e. The van der Waals surface area contributed by atoms with Gasteiger partial charge in [-0.3, -0.25) is 9.59 Å². The molecular formula is C22H26F2N6O2. The molecule has 170 valence electrons. The molecule has 2 aliphatic heterocycles. The zero-order valence-corrected chi connectivity index (χ0v) is 18.4. The van der Waals surface area contributed by atoms with Crippen LogP contribution >= 0.6 is 0 Å². The summed E-state index contributed by atoms with van der Waals surface area (Å²) in [5.74, 6) is -1.12. The number of fused-ring (bicyclic) bond motifs is 1. The Kier molecular flexibility index (Phi) is 5.70. The minimum Gasteiger partial charge on any atom is -0.348 e. The molecule has 10 heteroatoms. The number of hydrogen-bond acceptors (Lipinski definition) is 6. The van der Waals surface area contributed by atoms with Gasteiger partial charge in [-0.05, 0) is 18.9 Å². The highest BCUT2D eigenvalue weighted by Gasteiger charge is 2.36. The van der Waals surface area contributed by atoms with Crippen LogP contribution < -0.4 is 15.5 Å². The number of aromatic nitrogens is 2. The number of likely N-dealkylation sites (N-methyl/N-ethyl adjacent to an activating group) is 1. The van der Waals surface area contributed by atoms with E-state index < -0.39 is 11.6 Å². The second-order valence-electron chi connectivity index (χ2n) is 8.65. The number of carbonyl (C=O) groups is 2. The smallest absolute Gasteiger partial charge is 0.247 e. The van der Waals surface area contributed by atoms with Crippen molar-refractivity contribution in [3.63, 3.8) is 0 Å². The third-order valence-corrected chi connectivity index (χ3v) is 5.91. The number of carbonyl (C=O) groups excluding carboxylic acids is 2. The molecule has 1 aromatic carbocycles. The van der Waals surface area contributed by atoms with Gasteiger partial charge in [0.1, 0.15) is 11.7 Å². The fourth-order valence-electron chi connectivity index (χ4n) is 4.19. The first-order valence-corrected chi connectivity index (χ1v) is 10.5. The van der Waals surface area contributed by atoms with Crippen molar-refractivity contribution >= 4 is 29.3 Å². The third kappa shape index (κ3) is 3.96. The first-order valence-electron chi connectivity index (χ1n) is 10.5. The lowest BCUT2D eigenvalue weighted by atomic mass is 9.99. The predicted molar refractivity (Wildman–Crippen MR) is 116 cm³/mol. The maximum absolute atomic E-state index is 13.8. The number of hydrogen-bond donors (Lipinski definition) is 2. The second-order valence-corrected chi connectivity index (χ2v) is 8.65. The molecule has 2 aliphatic rings. The molecule has 4 rings (SSSR count). The Hall–Kier alpha value is -3.30. The molecule has 0 saturated carbocycles. The van der Waals surface area contributed by atoms with Crippen LogP contribution in [-0.2, 0) is 16.0 Å². The maximum atomic E-state index is 13.8. The van der Waals surface area contributed by atoms with Gasteiger partial charge in [0.2, 0.25) is 17.8 Å². The molecule has 8 nitrogen and oxygen atoms in total. The highest BCUT2D eigenvalue weighted by molar-refractivity contribution is 6.03. The van der Waals surface area contributed by atoms with Gasteiger partial charge >= 0.3 is 0 Å². The number of nitrogens with zero attached hydrogens (tertiary/aromatic N) is 4. The molecule has 0 spiro atoms. The van der Waals surface area contributed by atoms with Crippen molar-refractivity contribution < 1.29 is 18.4 Å². The molecular weight excluding hydrogens is 418 g/mol. The van der Waals surface area contributed by atoms with Crippen LogP contribution in [0.5, 0.6) is 0 Å². The van der Waals surface area contributed by atoms with Crippen LogP contribution in [0.15, 0.2) is 18.2 Å². The molecule has 3 heterocycles. The van der Waals surface area contributed by atoms with Crippen molar-refractivity contribution in [2.45, 2.75) is 39.3 Å². The van der Waals surface area contributed by atoms with Gasteiger partial charge in [0.05, 0.1) is 18.2 Å². The molecule has 0 unspecified atom stereocenters. The van der Waals surface area contributed by atoms with Gasteiger partial charge in [0, 0.05) is 25.7 Å². The lowest BCUT2D eigenvalue weighted by molar-refractivity contribution is -0.134. The average Bonchev–Trinajstić information content (AvgIpc) is 2.68. The summed E-state index contributed by atoms with van der Waals surface area (Å²) in [6.45, 7) is 6.59. The molecule has 0 radical (unpaired) electrons. The van der Waals surface area contributed by atoms with E-state index in [1.165, 1.54) is 12.1 Å². The fourth-order valence-corrected chi connectivity index (χ4v) is 4.19. The Bertz CT molecular complexity index is 1070. The number of anilines is 3. The summed E-state index contributed by atoms with van der Waals surface area (Å²) in [4.78, 5) is 37.3. The molecule has 2 aromatic rings. The number of likely N-dealkylation sites (tertiary alicyclic amines) is 1. The molecule has 2 N–H and O–H groups in total. The van der Waals surface area contributed by atoms with Gasteiger partial charge in [-0.1, -0.05) is 26.0 Å². The predicted octanol–water partition coefficient (Wildman–Crippen LogP) is 2.34. The van der Waals surface area contributed by atoms with E-state index in [9.17, 15) is 18.4 Å². The minimum absolute atomic E-state index is 0.0462. The van der Waals surface area contributed by atoms with Crippen molar-refractivity contribution in [3.05, 3.63) is 41.1 Å². The molecule has 1 saturated heterocycles. The van der Waals surface area contributed by atoms with Crippen molar-refractivity contribution in [2.75, 3.05) is 35.7 Å². The fraction of sp³-hybridized carbons (Fsp3) is 0.455. The first-order chi connectivity index (χ1) is 15.2. The number of nitrogens with one attached hydrogen (secondary N) is 2. The highest BCUT2D eigenvalue weighted by Crippen LogP contribution is 2.34. The van der Waals surface area contributed by atoms with Crippen LogP contribution in [0.25, 0.3) is 0 Å². The van der Waals surface area contributed by atoms with Crippen LogP contribution in [0.4, 0.5) is 26.2 Å². The molecule has 1 atom stereocenters. The number of benzene rings is 1. The van der Waals surface area contributed by atoms with Crippen molar-refractivity contribution in [1.29, 1.82) is 0 Å². The number of rotatable bonds is 5. The molecule has 1 aromatic heterocycles. The topological polar surface area (TPSA) is 90.5 Å². The summed E-state index contributed by atoms with van der Waals surface area (Å²) < 4.78 is 27.2. The molecule has 2 amide bonds. The lowest BCUT2D eigenvalue weighted by Crippen LogP contribution is -2.57. The molecule has 32 heavy (non-hydrogen) atoms. The van der Waals surface area contributed by atoms with Crippen molar-refractivity contribution in [1.82, 2.24) is 14.9 Å². The summed E-state index contributed by atoms with van der Waals surface area (Å²) in [5.41, 5.74) is 1.29. The van der Waals surface area contributed by atoms with Crippen LogP contribution in [0.3, 0.4) is 0 Å². The Balaban J connectivity index is 1.40. The Morgan fingerprint density at radius 2 is 2.00 bits per heavy atom. The Labute approximate surface area is 185 Å². The number of aryl methyl sites for hydroxylation is 1. The van der Waals surface area contributed by atoms with Gasteiger partial charge < -0.3 is 20.4 Å². The van der Waals surface area contributed by atoms with Crippen LogP contribution in [0.2, 0.25) is 0 Å². The minimum atomic E-state index is -0.982. The van der Waals surface area contributed by atoms with E-state index in [1.54, 1.807) is 11.8 Å². The zero-order valence-electron chi connectivity index (χ0n) is 18.4. The molecule has 0 bridgehead atoms. The second kappa shape index (κ2) is 8.33. The van der Waals surface area contributed by atoms with E-state index in [4.69, 9.17) is 0 Å². The SMILES string of the molecule is Cc1nc(NC2CN(C(=O)Cc3cccc(F)c3F)C2)nc2c1NC(=O)[C@H](C(C)C)N2C. The lowest BCUT2D eigenvalue weighted by Gasteiger charge is -2.40. The standard InChI is InChI=1S/C22H26F2N6O2/c1-11(2)19-21(32)27-18-12(3)25-22(28-20(18)29(19)4)26-14-9-30(10-14)16(31)8-13-6-5-7-15(23)17(13)24/h5-7,11,14,19H,8-10H2,1-4H3,(H,27,32)(H,25,26,28)/t19-/m0/s1. The normalized spacial score (nSPS) is 18.3. The van der Waals surface area contributed by atoms with Gasteiger partial charge in [-0.15, -0.1) is 0 Å². The quantitative estimate of drug-likeness (QED) is 0.736. The Morgan fingerprint density at radius 3 is 2.69 bits per heavy atom. The third-order valence-electron chi connectivity index (χ3n) is 5.91. The van der Waals surface area contributed by atoms with Crippen molar-refractivity contribution in [2.24, 2.45) is 5.92 Å². The number of amides is 2. The van der Waals surface area contributed by atoms with Crippen LogP contribution in [0, 0.1) is 24.5 Å². The molecule has 1 fully saturated rings. The van der Waals surface area contributed by atoms with Crippen LogP contribution in [-0.4, -0.2) is 58.9 Å². The summed E-state index contributed by atoms with van der Waals surface area (Å²) >= 11 is 0. The van der Waals surface area contributed by atoms with Crippen molar-refractivity contribution in [3.8, 4) is 0 Å². The van der Waals surface area contributed by atoms with Gasteiger partial charge in [-0.2, -0.15) is 4.98 Å². The zero-order chi connectivity index (χ0) is 23.2. The van der Waals surface area contributed by atoms with Gasteiger partial charge in [0.25, 0.3) is 0 Å². The number of halogens is 2. The molecule has 0 aliphatic carbocycles. The van der Waals surface area contributed by atoms with E-state index in [-0.39, 0.29) is 41.8 Å². The monoisotopic (exact) mass is 444 g/mol. The average molecular weight is 444 g/mol. The van der Waals surface area contributed by atoms with E-state index in [1.807, 2.05) is 25.8 Å². The van der Waals surface area contributed by atoms with E-state index in [0.717, 1.165) is 6.07 Å². The van der Waals surface area contributed by atoms with Crippen LogP contribution in [0.1, 0.15) is 25.1 Å². The van der Waals surface area contributed by atoms with E-state index >= 15 is 0 Å². The van der Waals surface area contributed by atoms with Gasteiger partial charge in [-0.25, -0.2) is 13.8 Å². The highest BCUT2D eigenvalue weighted by atomic mass is 19.2. The summed E-state index contributed by atoms with van der Waals surface area (Å²) in [5, 5.41) is 6.13. The summed E-state index contributed by atoms with van der Waals surface area (Å²) in [7, 11) is 1.84. The first kappa shape index (κ1) is 21.9. The van der Waals surface area contributed by atoms with E-state index in [0.29, 0.717) is 36.2 Å². The Morgan fingerprint density at radius 1 is 1.28 bits per heavy atom. The summed E-state index contributed by atoms with van der Waals surface area (Å²) in [6, 6.07) is 3.44. The van der Waals surface area contributed by atoms with Gasteiger partial charge in [0.15, 0.2) is 17.5 Å². The largest absolute Gasteiger partial charge is 0.348 e.